The van der Waals surface area contributed by atoms with E-state index in [0.29, 0.717) is 25.1 Å². The van der Waals surface area contributed by atoms with Crippen molar-refractivity contribution in [2.45, 2.75) is 38.0 Å². The quantitative estimate of drug-likeness (QED) is 0.780. The van der Waals surface area contributed by atoms with Crippen molar-refractivity contribution < 1.29 is 22.7 Å². The number of rotatable bonds is 3. The Labute approximate surface area is 140 Å². The highest BCUT2D eigenvalue weighted by Gasteiger charge is 2.32. The second-order valence-electron chi connectivity index (χ2n) is 5.74. The van der Waals surface area contributed by atoms with E-state index in [4.69, 9.17) is 4.74 Å². The summed E-state index contributed by atoms with van der Waals surface area (Å²) in [6, 6.07) is 0.171. The number of aromatic nitrogens is 4. The van der Waals surface area contributed by atoms with Crippen LogP contribution in [0.1, 0.15) is 35.8 Å². The number of carbonyl (C=O) groups is 1. The van der Waals surface area contributed by atoms with Crippen molar-refractivity contribution in [3.63, 3.8) is 0 Å². The lowest BCUT2D eigenvalue weighted by Gasteiger charge is -2.20. The number of nitrogens with zero attached hydrogens (tertiary/aromatic N) is 4. The normalized spacial score (nSPS) is 17.2. The molecule has 0 fully saturated rings. The van der Waals surface area contributed by atoms with Gasteiger partial charge in [-0.15, -0.1) is 0 Å². The van der Waals surface area contributed by atoms with Crippen LogP contribution in [-0.2, 0) is 28.7 Å². The maximum atomic E-state index is 12.8. The molecule has 7 nitrogen and oxygen atoms in total. The average Bonchev–Trinajstić information content (AvgIpc) is 2.90. The molecule has 134 valence electrons. The molecule has 3 heterocycles. The van der Waals surface area contributed by atoms with Crippen LogP contribution in [0, 0.1) is 0 Å². The van der Waals surface area contributed by atoms with E-state index in [9.17, 15) is 22.8 Å². The molecule has 10 heteroatoms. The average molecular weight is 356 g/mol. The van der Waals surface area contributed by atoms with Crippen molar-refractivity contribution in [2.24, 2.45) is 0 Å². The van der Waals surface area contributed by atoms with Crippen molar-refractivity contribution >= 4 is 5.97 Å². The number of hydrogen-bond acceptors (Lipinski definition) is 5. The predicted molar refractivity (Wildman–Crippen MR) is 78.8 cm³/mol. The van der Waals surface area contributed by atoms with Crippen LogP contribution in [0.15, 0.2) is 23.3 Å². The number of hydrogen-bond donors (Lipinski definition) is 0. The zero-order valence-corrected chi connectivity index (χ0v) is 13.3. The number of ether oxygens (including phenoxy) is 1. The molecule has 0 spiro atoms. The molecule has 0 bridgehead atoms. The zero-order valence-electron chi connectivity index (χ0n) is 13.3. The molecule has 0 radical (unpaired) electrons. The first-order valence-corrected chi connectivity index (χ1v) is 7.58. The lowest BCUT2D eigenvalue weighted by Crippen LogP contribution is -2.35. The molecule has 0 amide bonds. The third-order valence-electron chi connectivity index (χ3n) is 4.06. The summed E-state index contributed by atoms with van der Waals surface area (Å²) in [6.07, 6.45) is -0.915. The molecule has 1 atom stereocenters. The molecule has 0 saturated heterocycles. The zero-order chi connectivity index (χ0) is 18.2. The number of carbonyl (C=O) groups excluding carboxylic acids is 1. The van der Waals surface area contributed by atoms with Gasteiger partial charge in [0.1, 0.15) is 11.9 Å². The molecular formula is C15H15F3N4O3. The number of aryl methyl sites for hydroxylation is 1. The van der Waals surface area contributed by atoms with Crippen molar-refractivity contribution in [1.29, 1.82) is 0 Å². The third kappa shape index (κ3) is 3.28. The highest BCUT2D eigenvalue weighted by Crippen LogP contribution is 2.29. The molecule has 0 aromatic carbocycles. The molecule has 0 aliphatic carbocycles. The Bertz CT molecular complexity index is 856. The van der Waals surface area contributed by atoms with Gasteiger partial charge in [-0.1, -0.05) is 0 Å². The van der Waals surface area contributed by atoms with Crippen LogP contribution in [-0.4, -0.2) is 32.4 Å². The van der Waals surface area contributed by atoms with Gasteiger partial charge in [-0.25, -0.2) is 14.3 Å². The third-order valence-corrected chi connectivity index (χ3v) is 4.06. The molecule has 25 heavy (non-hydrogen) atoms. The molecule has 3 rings (SSSR count). The molecule has 1 aliphatic heterocycles. The summed E-state index contributed by atoms with van der Waals surface area (Å²) >= 11 is 0. The summed E-state index contributed by atoms with van der Waals surface area (Å²) in [5.74, 6) is -0.116. The van der Waals surface area contributed by atoms with Gasteiger partial charge in [0.25, 0.3) is 0 Å². The van der Waals surface area contributed by atoms with Crippen LogP contribution >= 0.6 is 0 Å². The summed E-state index contributed by atoms with van der Waals surface area (Å²) in [5.41, 5.74) is -1.25. The van der Waals surface area contributed by atoms with Gasteiger partial charge in [-0.3, -0.25) is 9.55 Å². The second-order valence-corrected chi connectivity index (χ2v) is 5.74. The van der Waals surface area contributed by atoms with Gasteiger partial charge in [0, 0.05) is 18.8 Å². The highest BCUT2D eigenvalue weighted by molar-refractivity contribution is 5.74. The van der Waals surface area contributed by atoms with Gasteiger partial charge >= 0.3 is 17.8 Å². The Balaban J connectivity index is 1.94. The van der Waals surface area contributed by atoms with Gasteiger partial charge in [0.15, 0.2) is 0 Å². The van der Waals surface area contributed by atoms with Crippen molar-refractivity contribution in [1.82, 2.24) is 19.3 Å². The Morgan fingerprint density at radius 1 is 1.40 bits per heavy atom. The van der Waals surface area contributed by atoms with Crippen molar-refractivity contribution in [3.05, 3.63) is 45.9 Å². The van der Waals surface area contributed by atoms with E-state index < -0.39 is 29.4 Å². The standard InChI is InChI=1S/C15H15F3N4O3/c1-25-13(23)11-3-2-4-12-20-21(14(24)22(11)12)8-9-5-10(7-19-6-9)15(16,17)18/h5-7,11H,2-4,8H2,1H3/t11-/m0/s1. The van der Waals surface area contributed by atoms with Crippen LogP contribution in [0.2, 0.25) is 0 Å². The van der Waals surface area contributed by atoms with Crippen LogP contribution in [0.25, 0.3) is 0 Å². The van der Waals surface area contributed by atoms with Crippen LogP contribution in [0.4, 0.5) is 13.2 Å². The Morgan fingerprint density at radius 2 is 2.16 bits per heavy atom. The summed E-state index contributed by atoms with van der Waals surface area (Å²) in [7, 11) is 1.24. The minimum atomic E-state index is -4.52. The summed E-state index contributed by atoms with van der Waals surface area (Å²) in [5, 5.41) is 4.15. The number of pyridine rings is 1. The van der Waals surface area contributed by atoms with Gasteiger partial charge in [0.05, 0.1) is 19.2 Å². The number of esters is 1. The van der Waals surface area contributed by atoms with E-state index >= 15 is 0 Å². The first-order chi connectivity index (χ1) is 11.8. The molecule has 0 N–H and O–H groups in total. The monoisotopic (exact) mass is 356 g/mol. The van der Waals surface area contributed by atoms with Crippen LogP contribution in [0.3, 0.4) is 0 Å². The Morgan fingerprint density at radius 3 is 2.84 bits per heavy atom. The fourth-order valence-electron chi connectivity index (χ4n) is 2.90. The van der Waals surface area contributed by atoms with Gasteiger partial charge in [0.2, 0.25) is 0 Å². The van der Waals surface area contributed by atoms with Gasteiger partial charge in [-0.05, 0) is 24.5 Å². The second kappa shape index (κ2) is 6.34. The molecule has 2 aromatic rings. The number of alkyl halides is 3. The summed E-state index contributed by atoms with van der Waals surface area (Å²) < 4.78 is 45.3. The SMILES string of the molecule is COC(=O)[C@@H]1CCCc2nn(Cc3cncc(C(F)(F)F)c3)c(=O)n21. The first kappa shape index (κ1) is 17.2. The fraction of sp³-hybridized carbons (Fsp3) is 0.467. The molecule has 2 aromatic heterocycles. The minimum Gasteiger partial charge on any atom is -0.467 e. The number of fused-ring (bicyclic) bond motifs is 1. The van der Waals surface area contributed by atoms with E-state index in [1.807, 2.05) is 0 Å². The van der Waals surface area contributed by atoms with E-state index in [1.165, 1.54) is 17.9 Å². The van der Waals surface area contributed by atoms with E-state index in [-0.39, 0.29) is 12.1 Å². The van der Waals surface area contributed by atoms with E-state index in [1.54, 1.807) is 0 Å². The number of methoxy groups -OCH3 is 1. The summed E-state index contributed by atoms with van der Waals surface area (Å²) in [4.78, 5) is 28.0. The van der Waals surface area contributed by atoms with Gasteiger partial charge in [-0.2, -0.15) is 18.3 Å². The minimum absolute atomic E-state index is 0.163. The Kier molecular flexibility index (Phi) is 4.36. The molecular weight excluding hydrogens is 341 g/mol. The van der Waals surface area contributed by atoms with E-state index in [2.05, 4.69) is 10.1 Å². The maximum Gasteiger partial charge on any atom is 0.417 e. The maximum absolute atomic E-state index is 12.8. The summed E-state index contributed by atoms with van der Waals surface area (Å²) in [6.45, 7) is -0.163. The topological polar surface area (TPSA) is 79.0 Å². The lowest BCUT2D eigenvalue weighted by atomic mass is 10.1. The highest BCUT2D eigenvalue weighted by atomic mass is 19.4. The van der Waals surface area contributed by atoms with E-state index in [0.717, 1.165) is 16.9 Å². The van der Waals surface area contributed by atoms with Crippen LogP contribution < -0.4 is 5.69 Å². The fourth-order valence-corrected chi connectivity index (χ4v) is 2.90. The smallest absolute Gasteiger partial charge is 0.417 e. The van der Waals surface area contributed by atoms with Crippen LogP contribution in [0.5, 0.6) is 0 Å². The Hall–Kier alpha value is -2.65. The number of halogens is 3. The molecule has 0 saturated carbocycles. The van der Waals surface area contributed by atoms with Crippen molar-refractivity contribution in [2.75, 3.05) is 7.11 Å². The largest absolute Gasteiger partial charge is 0.467 e. The predicted octanol–water partition coefficient (Wildman–Crippen LogP) is 1.56. The first-order valence-electron chi connectivity index (χ1n) is 7.58. The molecule has 1 aliphatic rings. The molecule has 0 unspecified atom stereocenters. The van der Waals surface area contributed by atoms with Crippen molar-refractivity contribution in [3.8, 4) is 0 Å². The lowest BCUT2D eigenvalue weighted by molar-refractivity contribution is -0.145. The van der Waals surface area contributed by atoms with Gasteiger partial charge < -0.3 is 4.74 Å².